The molecule has 3 heterocycles. The number of pyridine rings is 1. The highest BCUT2D eigenvalue weighted by Gasteiger charge is 2.16. The van der Waals surface area contributed by atoms with Crippen molar-refractivity contribution < 1.29 is 0 Å². The first-order chi connectivity index (χ1) is 13.7. The van der Waals surface area contributed by atoms with Crippen LogP contribution in [-0.4, -0.2) is 45.1 Å². The molecule has 2 aromatic rings. The van der Waals surface area contributed by atoms with Gasteiger partial charge in [0.1, 0.15) is 5.52 Å². The van der Waals surface area contributed by atoms with Gasteiger partial charge >= 0.3 is 0 Å². The van der Waals surface area contributed by atoms with Crippen LogP contribution in [0.4, 0.5) is 5.82 Å². The van der Waals surface area contributed by atoms with E-state index in [0.29, 0.717) is 5.92 Å². The zero-order chi connectivity index (χ0) is 19.8. The highest BCUT2D eigenvalue weighted by molar-refractivity contribution is 7.96. The molecule has 1 fully saturated rings. The Kier molecular flexibility index (Phi) is 7.62. The van der Waals surface area contributed by atoms with Gasteiger partial charge in [-0.25, -0.2) is 9.97 Å². The maximum Gasteiger partial charge on any atom is 0.154 e. The SMILES string of the molecule is C\C=C/C(=C\C=C\C1CCN(SCC)CC1)c1cc2nccnc2c(NC)n1. The summed E-state index contributed by atoms with van der Waals surface area (Å²) in [5, 5.41) is 3.14. The van der Waals surface area contributed by atoms with E-state index < -0.39 is 0 Å². The number of anilines is 1. The van der Waals surface area contributed by atoms with Gasteiger partial charge in [0.05, 0.1) is 11.2 Å². The summed E-state index contributed by atoms with van der Waals surface area (Å²) in [6.07, 6.45) is 16.7. The van der Waals surface area contributed by atoms with E-state index in [1.54, 1.807) is 12.4 Å². The molecular formula is C22H29N5S. The molecule has 0 atom stereocenters. The van der Waals surface area contributed by atoms with Gasteiger partial charge in [0, 0.05) is 38.3 Å². The molecule has 3 rings (SSSR count). The maximum absolute atomic E-state index is 4.76. The highest BCUT2D eigenvalue weighted by atomic mass is 32.2. The standard InChI is InChI=1S/C22H29N5S/c1-4-7-18(9-6-8-17-10-14-27(15-11-17)28-5-2)19-16-20-21(22(23-3)26-19)25-13-12-24-20/h4,6-9,12-13,16-17H,5,10-11,14-15H2,1-3H3,(H,23,26)/b7-4-,8-6+,18-9+. The summed E-state index contributed by atoms with van der Waals surface area (Å²) in [6, 6.07) is 2.00. The fourth-order valence-corrected chi connectivity index (χ4v) is 4.23. The predicted octanol–water partition coefficient (Wildman–Crippen LogP) is 4.96. The van der Waals surface area contributed by atoms with Gasteiger partial charge in [0.15, 0.2) is 5.82 Å². The van der Waals surface area contributed by atoms with Crippen molar-refractivity contribution in [3.63, 3.8) is 0 Å². The lowest BCUT2D eigenvalue weighted by molar-refractivity contribution is 0.330. The molecule has 5 nitrogen and oxygen atoms in total. The average Bonchev–Trinajstić information content (AvgIpc) is 2.73. The summed E-state index contributed by atoms with van der Waals surface area (Å²) in [5.74, 6) is 2.56. The Balaban J connectivity index is 1.79. The molecule has 0 aromatic carbocycles. The summed E-state index contributed by atoms with van der Waals surface area (Å²) in [7, 11) is 1.86. The second-order valence-corrected chi connectivity index (χ2v) is 8.07. The van der Waals surface area contributed by atoms with Gasteiger partial charge in [-0.2, -0.15) is 0 Å². The Labute approximate surface area is 172 Å². The number of hydrogen-bond acceptors (Lipinski definition) is 6. The molecule has 0 bridgehead atoms. The molecule has 1 N–H and O–H groups in total. The molecule has 1 saturated heterocycles. The lowest BCUT2D eigenvalue weighted by Crippen LogP contribution is -2.27. The summed E-state index contributed by atoms with van der Waals surface area (Å²) in [6.45, 7) is 6.60. The lowest BCUT2D eigenvalue weighted by atomic mass is 9.97. The van der Waals surface area contributed by atoms with Crippen molar-refractivity contribution in [3.8, 4) is 0 Å². The molecule has 6 heteroatoms. The first-order valence-corrected chi connectivity index (χ1v) is 10.9. The Morgan fingerprint density at radius 1 is 1.29 bits per heavy atom. The maximum atomic E-state index is 4.76. The van der Waals surface area contributed by atoms with Crippen LogP contribution in [0.25, 0.3) is 16.6 Å². The van der Waals surface area contributed by atoms with Gasteiger partial charge in [0.25, 0.3) is 0 Å². The van der Waals surface area contributed by atoms with Gasteiger partial charge < -0.3 is 5.32 Å². The van der Waals surface area contributed by atoms with Crippen LogP contribution in [0.5, 0.6) is 0 Å². The van der Waals surface area contributed by atoms with Gasteiger partial charge in [0.2, 0.25) is 0 Å². The Hall–Kier alpha value is -2.18. The molecule has 0 amide bonds. The average molecular weight is 396 g/mol. The molecule has 0 saturated carbocycles. The number of rotatable bonds is 7. The topological polar surface area (TPSA) is 53.9 Å². The fraction of sp³-hybridized carbons (Fsp3) is 0.409. The smallest absolute Gasteiger partial charge is 0.154 e. The molecule has 0 radical (unpaired) electrons. The number of allylic oxidation sites excluding steroid dienone is 6. The zero-order valence-electron chi connectivity index (χ0n) is 16.9. The quantitative estimate of drug-likeness (QED) is 0.528. The van der Waals surface area contributed by atoms with Gasteiger partial charge in [-0.15, -0.1) is 0 Å². The van der Waals surface area contributed by atoms with Crippen LogP contribution >= 0.6 is 11.9 Å². The van der Waals surface area contributed by atoms with Crippen LogP contribution in [0.1, 0.15) is 32.4 Å². The number of fused-ring (bicyclic) bond motifs is 1. The Morgan fingerprint density at radius 2 is 2.07 bits per heavy atom. The molecule has 148 valence electrons. The second-order valence-electron chi connectivity index (χ2n) is 6.72. The number of nitrogens with one attached hydrogen (secondary N) is 1. The fourth-order valence-electron chi connectivity index (χ4n) is 3.40. The molecule has 0 unspecified atom stereocenters. The third-order valence-corrected chi connectivity index (χ3v) is 5.79. The minimum absolute atomic E-state index is 0.653. The summed E-state index contributed by atoms with van der Waals surface area (Å²) in [4.78, 5) is 13.6. The first kappa shape index (κ1) is 20.6. The van der Waals surface area contributed by atoms with Crippen molar-refractivity contribution in [2.45, 2.75) is 26.7 Å². The van der Waals surface area contributed by atoms with Crippen molar-refractivity contribution in [1.82, 2.24) is 19.3 Å². The van der Waals surface area contributed by atoms with Crippen LogP contribution in [-0.2, 0) is 0 Å². The molecule has 1 aliphatic rings. The monoisotopic (exact) mass is 395 g/mol. The normalized spacial score (nSPS) is 17.2. The molecule has 0 spiro atoms. The van der Waals surface area contributed by atoms with E-state index in [1.807, 2.05) is 38.1 Å². The molecule has 28 heavy (non-hydrogen) atoms. The van der Waals surface area contributed by atoms with Crippen molar-refractivity contribution in [2.24, 2.45) is 5.92 Å². The van der Waals surface area contributed by atoms with Crippen molar-refractivity contribution in [3.05, 3.63) is 54.5 Å². The van der Waals surface area contributed by atoms with Gasteiger partial charge in [-0.3, -0.25) is 9.29 Å². The molecule has 0 aliphatic carbocycles. The van der Waals surface area contributed by atoms with Crippen LogP contribution in [0.2, 0.25) is 0 Å². The van der Waals surface area contributed by atoms with E-state index in [1.165, 1.54) is 25.9 Å². The number of aromatic nitrogens is 3. The van der Waals surface area contributed by atoms with Crippen LogP contribution < -0.4 is 5.32 Å². The summed E-state index contributed by atoms with van der Waals surface area (Å²) >= 11 is 1.95. The number of hydrogen-bond donors (Lipinski definition) is 1. The van der Waals surface area contributed by atoms with Crippen LogP contribution in [0.3, 0.4) is 0 Å². The van der Waals surface area contributed by atoms with Crippen molar-refractivity contribution in [1.29, 1.82) is 0 Å². The van der Waals surface area contributed by atoms with Crippen molar-refractivity contribution >= 4 is 34.4 Å². The van der Waals surface area contributed by atoms with Crippen molar-refractivity contribution in [2.75, 3.05) is 31.2 Å². The largest absolute Gasteiger partial charge is 0.371 e. The van der Waals surface area contributed by atoms with E-state index in [9.17, 15) is 0 Å². The van der Waals surface area contributed by atoms with Gasteiger partial charge in [-0.05, 0) is 37.3 Å². The van der Waals surface area contributed by atoms with E-state index in [-0.39, 0.29) is 0 Å². The third-order valence-electron chi connectivity index (χ3n) is 4.80. The second kappa shape index (κ2) is 10.4. The highest BCUT2D eigenvalue weighted by Crippen LogP contribution is 2.25. The lowest BCUT2D eigenvalue weighted by Gasteiger charge is -2.29. The van der Waals surface area contributed by atoms with Crippen LogP contribution in [0, 0.1) is 5.92 Å². The minimum atomic E-state index is 0.653. The Morgan fingerprint density at radius 3 is 2.79 bits per heavy atom. The molecule has 1 aliphatic heterocycles. The predicted molar refractivity (Wildman–Crippen MR) is 121 cm³/mol. The van der Waals surface area contributed by atoms with E-state index in [2.05, 4.69) is 50.8 Å². The third kappa shape index (κ3) is 5.20. The van der Waals surface area contributed by atoms with E-state index in [4.69, 9.17) is 4.98 Å². The molecule has 2 aromatic heterocycles. The van der Waals surface area contributed by atoms with Gasteiger partial charge in [-0.1, -0.05) is 49.3 Å². The van der Waals surface area contributed by atoms with E-state index in [0.717, 1.165) is 33.9 Å². The summed E-state index contributed by atoms with van der Waals surface area (Å²) in [5.41, 5.74) is 3.61. The number of piperidine rings is 1. The zero-order valence-corrected chi connectivity index (χ0v) is 17.7. The first-order valence-electron chi connectivity index (χ1n) is 9.94. The Bertz CT molecular complexity index is 866. The minimum Gasteiger partial charge on any atom is -0.371 e. The number of nitrogens with zero attached hydrogens (tertiary/aromatic N) is 4. The van der Waals surface area contributed by atoms with E-state index >= 15 is 0 Å². The summed E-state index contributed by atoms with van der Waals surface area (Å²) < 4.78 is 2.49. The molecular weight excluding hydrogens is 366 g/mol. The van der Waals surface area contributed by atoms with Crippen LogP contribution in [0.15, 0.2) is 48.8 Å².